The smallest absolute Gasteiger partial charge is 0.226 e. The average Bonchev–Trinajstić information content (AvgIpc) is 2.99. The number of nitrogens with one attached hydrogen (secondary N) is 1. The van der Waals surface area contributed by atoms with Gasteiger partial charge in [0.05, 0.1) is 6.42 Å². The van der Waals surface area contributed by atoms with Crippen LogP contribution in [0.1, 0.15) is 49.0 Å². The molecule has 8 heteroatoms. The average molecular weight is 331 g/mol. The lowest BCUT2D eigenvalue weighted by atomic mass is 9.95. The summed E-state index contributed by atoms with van der Waals surface area (Å²) >= 11 is 0. The van der Waals surface area contributed by atoms with Crippen LogP contribution in [0.25, 0.3) is 0 Å². The molecule has 0 spiro atoms. The Morgan fingerprint density at radius 3 is 2.71 bits per heavy atom. The van der Waals surface area contributed by atoms with E-state index < -0.39 is 5.60 Å². The molecule has 1 fully saturated rings. The Balaban J connectivity index is 1.54. The molecule has 1 saturated heterocycles. The maximum Gasteiger partial charge on any atom is 0.226 e. The van der Waals surface area contributed by atoms with E-state index in [1.165, 1.54) is 0 Å². The predicted molar refractivity (Wildman–Crippen MR) is 83.8 cm³/mol. The number of hydrogen-bond donors (Lipinski definition) is 1. The molecule has 1 aliphatic heterocycles. The van der Waals surface area contributed by atoms with Gasteiger partial charge in [0.1, 0.15) is 17.0 Å². The molecular formula is C16H21N5O3. The molecule has 1 N–H and O–H groups in total. The van der Waals surface area contributed by atoms with Gasteiger partial charge in [0, 0.05) is 31.1 Å². The van der Waals surface area contributed by atoms with E-state index >= 15 is 0 Å². The third-order valence-electron chi connectivity index (χ3n) is 4.21. The molecular weight excluding hydrogens is 310 g/mol. The van der Waals surface area contributed by atoms with E-state index in [-0.39, 0.29) is 12.3 Å². The topological polar surface area (TPSA) is 103 Å². The van der Waals surface area contributed by atoms with Gasteiger partial charge in [-0.1, -0.05) is 10.3 Å². The molecule has 0 unspecified atom stereocenters. The largest absolute Gasteiger partial charge is 0.367 e. The van der Waals surface area contributed by atoms with Crippen molar-refractivity contribution in [2.75, 3.05) is 6.61 Å². The number of hydrogen-bond acceptors (Lipinski definition) is 7. The first kappa shape index (κ1) is 16.5. The van der Waals surface area contributed by atoms with E-state index in [9.17, 15) is 4.79 Å². The van der Waals surface area contributed by atoms with Gasteiger partial charge in [-0.15, -0.1) is 0 Å². The van der Waals surface area contributed by atoms with E-state index in [1.54, 1.807) is 19.3 Å². The summed E-state index contributed by atoms with van der Waals surface area (Å²) in [7, 11) is 0. The van der Waals surface area contributed by atoms with Crippen LogP contribution in [0.3, 0.4) is 0 Å². The highest BCUT2D eigenvalue weighted by molar-refractivity contribution is 5.78. The van der Waals surface area contributed by atoms with Gasteiger partial charge < -0.3 is 10.1 Å². The van der Waals surface area contributed by atoms with Gasteiger partial charge >= 0.3 is 0 Å². The molecule has 1 aliphatic rings. The lowest BCUT2D eigenvalue weighted by Crippen LogP contribution is -2.32. The Kier molecular flexibility index (Phi) is 4.84. The number of carbonyl (C=O) groups excluding carboxylic acids is 1. The summed E-state index contributed by atoms with van der Waals surface area (Å²) in [5, 5.41) is 10.2. The zero-order chi connectivity index (χ0) is 17.0. The van der Waals surface area contributed by atoms with Crippen molar-refractivity contribution in [3.63, 3.8) is 0 Å². The first-order chi connectivity index (χ1) is 11.6. The van der Waals surface area contributed by atoms with Crippen LogP contribution in [0.2, 0.25) is 0 Å². The van der Waals surface area contributed by atoms with Gasteiger partial charge in [0.15, 0.2) is 5.82 Å². The van der Waals surface area contributed by atoms with Crippen molar-refractivity contribution < 1.29 is 14.2 Å². The normalized spacial score (nSPS) is 20.8. The van der Waals surface area contributed by atoms with Gasteiger partial charge in [-0.05, 0) is 33.1 Å². The summed E-state index contributed by atoms with van der Waals surface area (Å²) in [6.45, 7) is 4.88. The zero-order valence-electron chi connectivity index (χ0n) is 13.9. The number of rotatable bonds is 5. The molecule has 0 saturated carbocycles. The molecule has 1 atom stereocenters. The van der Waals surface area contributed by atoms with Crippen LogP contribution in [-0.2, 0) is 28.1 Å². The first-order valence-electron chi connectivity index (χ1n) is 8.07. The van der Waals surface area contributed by atoms with Crippen molar-refractivity contribution in [2.24, 2.45) is 0 Å². The minimum atomic E-state index is -0.405. The molecule has 8 nitrogen and oxygen atoms in total. The van der Waals surface area contributed by atoms with E-state index in [2.05, 4.69) is 30.2 Å². The second-order valence-electron chi connectivity index (χ2n) is 6.20. The number of carbonyl (C=O) groups is 1. The maximum atomic E-state index is 11.9. The van der Waals surface area contributed by atoms with E-state index in [1.807, 2.05) is 6.92 Å². The Labute approximate surface area is 140 Å². The van der Waals surface area contributed by atoms with Crippen LogP contribution < -0.4 is 5.32 Å². The number of aryl methyl sites for hydroxylation is 1. The number of ether oxygens (including phenoxy) is 1. The lowest BCUT2D eigenvalue weighted by Gasteiger charge is -2.32. The Bertz CT molecular complexity index is 692. The second kappa shape index (κ2) is 7.04. The third kappa shape index (κ3) is 3.76. The Morgan fingerprint density at radius 2 is 2.08 bits per heavy atom. The van der Waals surface area contributed by atoms with Gasteiger partial charge in [-0.3, -0.25) is 4.79 Å². The highest BCUT2D eigenvalue weighted by Gasteiger charge is 2.32. The van der Waals surface area contributed by atoms with E-state index in [0.29, 0.717) is 23.8 Å². The van der Waals surface area contributed by atoms with Crippen LogP contribution in [0.5, 0.6) is 0 Å². The number of aromatic nitrogens is 4. The van der Waals surface area contributed by atoms with Crippen LogP contribution in [-0.4, -0.2) is 32.8 Å². The lowest BCUT2D eigenvalue weighted by molar-refractivity contribution is -0.120. The summed E-state index contributed by atoms with van der Waals surface area (Å²) in [5.74, 6) is 0.544. The van der Waals surface area contributed by atoms with Crippen molar-refractivity contribution in [1.29, 1.82) is 0 Å². The van der Waals surface area contributed by atoms with Crippen molar-refractivity contribution in [3.8, 4) is 0 Å². The van der Waals surface area contributed by atoms with Crippen LogP contribution in [0.15, 0.2) is 17.0 Å². The van der Waals surface area contributed by atoms with Crippen LogP contribution in [0, 0.1) is 6.92 Å². The summed E-state index contributed by atoms with van der Waals surface area (Å²) in [4.78, 5) is 20.8. The molecule has 3 heterocycles. The summed E-state index contributed by atoms with van der Waals surface area (Å²) in [5.41, 5.74) is 1.60. The van der Waals surface area contributed by atoms with Gasteiger partial charge in [-0.2, -0.15) is 0 Å². The highest BCUT2D eigenvalue weighted by Crippen LogP contribution is 2.32. The Hall–Kier alpha value is -2.35. The highest BCUT2D eigenvalue weighted by atomic mass is 16.6. The summed E-state index contributed by atoms with van der Waals surface area (Å²) in [6, 6.07) is 0. The van der Waals surface area contributed by atoms with Crippen molar-refractivity contribution >= 4 is 5.91 Å². The fraction of sp³-hybridized carbons (Fsp3) is 0.562. The maximum absolute atomic E-state index is 11.9. The van der Waals surface area contributed by atoms with E-state index in [0.717, 1.165) is 31.4 Å². The summed E-state index contributed by atoms with van der Waals surface area (Å²) in [6.07, 6.45) is 6.73. The fourth-order valence-electron chi connectivity index (χ4n) is 2.65. The van der Waals surface area contributed by atoms with Gasteiger partial charge in [0.2, 0.25) is 5.91 Å². The molecule has 0 radical (unpaired) electrons. The molecule has 24 heavy (non-hydrogen) atoms. The van der Waals surface area contributed by atoms with Crippen LogP contribution >= 0.6 is 0 Å². The molecule has 2 aromatic heterocycles. The molecule has 3 rings (SSSR count). The number of nitrogens with zero attached hydrogens (tertiary/aromatic N) is 4. The minimum Gasteiger partial charge on any atom is -0.367 e. The minimum absolute atomic E-state index is 0.139. The van der Waals surface area contributed by atoms with Crippen molar-refractivity contribution in [2.45, 2.75) is 51.7 Å². The van der Waals surface area contributed by atoms with Crippen molar-refractivity contribution in [1.82, 2.24) is 25.6 Å². The quantitative estimate of drug-likeness (QED) is 0.884. The van der Waals surface area contributed by atoms with Gasteiger partial charge in [0.25, 0.3) is 0 Å². The molecule has 0 aliphatic carbocycles. The fourth-order valence-corrected chi connectivity index (χ4v) is 2.65. The van der Waals surface area contributed by atoms with Gasteiger partial charge in [-0.25, -0.2) is 14.6 Å². The second-order valence-corrected chi connectivity index (χ2v) is 6.20. The molecule has 128 valence electrons. The molecule has 0 bridgehead atoms. The third-order valence-corrected chi connectivity index (χ3v) is 4.21. The first-order valence-corrected chi connectivity index (χ1v) is 8.07. The molecule has 0 aromatic carbocycles. The molecule has 2 aromatic rings. The van der Waals surface area contributed by atoms with Crippen molar-refractivity contribution in [3.05, 3.63) is 35.2 Å². The standard InChI is InChI=1S/C16H21N5O3/c1-11-13(21-24-20-11)7-14(22)17-8-12-9-18-15(19-10-12)16(2)5-3-4-6-23-16/h9-10H,3-8H2,1-2H3,(H,17,22)/t16-/m1/s1. The SMILES string of the molecule is Cc1nonc1CC(=O)NCc1cnc([C@@]2(C)CCCCO2)nc1. The Morgan fingerprint density at radius 1 is 1.29 bits per heavy atom. The molecule has 1 amide bonds. The predicted octanol–water partition coefficient (Wildman–Crippen LogP) is 1.44. The monoisotopic (exact) mass is 331 g/mol. The summed E-state index contributed by atoms with van der Waals surface area (Å²) < 4.78 is 10.4. The van der Waals surface area contributed by atoms with E-state index in [4.69, 9.17) is 4.74 Å². The zero-order valence-corrected chi connectivity index (χ0v) is 13.9. The number of amides is 1. The van der Waals surface area contributed by atoms with Crippen LogP contribution in [0.4, 0.5) is 0 Å².